The van der Waals surface area contributed by atoms with Crippen LogP contribution in [0, 0.1) is 5.92 Å². The molecule has 0 amide bonds. The number of oxazole rings is 1. The smallest absolute Gasteiger partial charge is 0.305 e. The van der Waals surface area contributed by atoms with Gasteiger partial charge in [0.2, 0.25) is 5.88 Å². The van der Waals surface area contributed by atoms with Crippen LogP contribution in [0.1, 0.15) is 12.8 Å². The highest BCUT2D eigenvalue weighted by atomic mass is 16.6. The fourth-order valence-corrected chi connectivity index (χ4v) is 4.24. The summed E-state index contributed by atoms with van der Waals surface area (Å²) < 4.78 is 16.9. The second-order valence-electron chi connectivity index (χ2n) is 7.08. The number of nitrogens with zero attached hydrogens (tertiary/aromatic N) is 4. The lowest BCUT2D eigenvalue weighted by atomic mass is 9.75. The van der Waals surface area contributed by atoms with Crippen LogP contribution in [0.3, 0.4) is 0 Å². The van der Waals surface area contributed by atoms with Crippen molar-refractivity contribution in [1.82, 2.24) is 9.97 Å². The van der Waals surface area contributed by atoms with E-state index in [9.17, 15) is 5.21 Å². The highest BCUT2D eigenvalue weighted by Crippen LogP contribution is 2.43. The Hall–Kier alpha value is -2.39. The van der Waals surface area contributed by atoms with Gasteiger partial charge in [0, 0.05) is 24.8 Å². The standard InChI is InChI=1S/C16H20N5O4/c1-23-12-3-2-11-13(19-12)24-15(18-11)20-14-17-8-16(25-14)9-21(22)6-4-10(16)5-7-21/h2-3,10,22H,4-9H2,1H3,(H,17,18,20)/q+1/t10?,16-,21?/m0/s1. The van der Waals surface area contributed by atoms with Gasteiger partial charge in [0.05, 0.1) is 13.7 Å². The lowest BCUT2D eigenvalue weighted by Crippen LogP contribution is -2.69. The van der Waals surface area contributed by atoms with Crippen molar-refractivity contribution in [2.45, 2.75) is 18.4 Å². The normalized spacial score (nSPS) is 33.5. The Kier molecular flexibility index (Phi) is 3.02. The number of methoxy groups -OCH3 is 1. The molecule has 6 rings (SSSR count). The van der Waals surface area contributed by atoms with E-state index in [4.69, 9.17) is 13.9 Å². The second-order valence-corrected chi connectivity index (χ2v) is 7.08. The Morgan fingerprint density at radius 3 is 2.92 bits per heavy atom. The van der Waals surface area contributed by atoms with Crippen molar-refractivity contribution in [2.24, 2.45) is 10.9 Å². The van der Waals surface area contributed by atoms with Gasteiger partial charge in [-0.1, -0.05) is 0 Å². The minimum absolute atomic E-state index is 0.0892. The molecule has 0 radical (unpaired) electrons. The lowest BCUT2D eigenvalue weighted by molar-refractivity contribution is -1.12. The van der Waals surface area contributed by atoms with Gasteiger partial charge in [0.25, 0.3) is 11.7 Å². The van der Waals surface area contributed by atoms with Gasteiger partial charge in [-0.05, 0) is 6.07 Å². The molecule has 0 aromatic carbocycles. The van der Waals surface area contributed by atoms with Crippen LogP contribution < -0.4 is 10.1 Å². The molecule has 2 aromatic heterocycles. The quantitative estimate of drug-likeness (QED) is 0.792. The minimum Gasteiger partial charge on any atom is -0.481 e. The van der Waals surface area contributed by atoms with Gasteiger partial charge >= 0.3 is 6.01 Å². The number of hydroxylamine groups is 3. The number of anilines is 1. The molecule has 2 bridgehead atoms. The Bertz CT molecular complexity index is 857. The molecule has 3 saturated heterocycles. The van der Waals surface area contributed by atoms with Crippen molar-refractivity contribution in [2.75, 3.05) is 38.6 Å². The van der Waals surface area contributed by atoms with E-state index in [2.05, 4.69) is 20.3 Å². The molecule has 0 aliphatic carbocycles. The fraction of sp³-hybridized carbons (Fsp3) is 0.562. The van der Waals surface area contributed by atoms with Crippen LogP contribution in [0.2, 0.25) is 0 Å². The predicted molar refractivity (Wildman–Crippen MR) is 87.5 cm³/mol. The van der Waals surface area contributed by atoms with Crippen molar-refractivity contribution in [3.05, 3.63) is 12.1 Å². The number of aliphatic imine (C=N–C) groups is 1. The first-order valence-electron chi connectivity index (χ1n) is 8.48. The van der Waals surface area contributed by atoms with Crippen LogP contribution in [-0.2, 0) is 4.74 Å². The fourth-order valence-electron chi connectivity index (χ4n) is 4.24. The molecular formula is C16H20N5O4+. The van der Waals surface area contributed by atoms with Crippen molar-refractivity contribution in [3.63, 3.8) is 0 Å². The number of piperidine rings is 3. The van der Waals surface area contributed by atoms with Crippen LogP contribution in [-0.4, -0.2) is 64.7 Å². The van der Waals surface area contributed by atoms with E-state index in [1.54, 1.807) is 19.2 Å². The van der Waals surface area contributed by atoms with Crippen molar-refractivity contribution < 1.29 is 23.7 Å². The summed E-state index contributed by atoms with van der Waals surface area (Å²) in [5.41, 5.74) is 0.596. The molecular weight excluding hydrogens is 326 g/mol. The van der Waals surface area contributed by atoms with Crippen LogP contribution >= 0.6 is 0 Å². The van der Waals surface area contributed by atoms with Gasteiger partial charge in [-0.2, -0.15) is 14.6 Å². The van der Waals surface area contributed by atoms with Crippen molar-refractivity contribution in [1.29, 1.82) is 0 Å². The first-order valence-corrected chi connectivity index (χ1v) is 8.48. The average molecular weight is 346 g/mol. The number of fused-ring (bicyclic) bond motifs is 3. The number of amidine groups is 1. The number of pyridine rings is 1. The van der Waals surface area contributed by atoms with Crippen LogP contribution in [0.15, 0.2) is 21.5 Å². The zero-order valence-electron chi connectivity index (χ0n) is 13.9. The van der Waals surface area contributed by atoms with Gasteiger partial charge in [0.1, 0.15) is 18.6 Å². The van der Waals surface area contributed by atoms with Gasteiger partial charge in [-0.15, -0.1) is 0 Å². The van der Waals surface area contributed by atoms with E-state index >= 15 is 0 Å². The van der Waals surface area contributed by atoms with Gasteiger partial charge in [-0.25, -0.2) is 10.2 Å². The maximum atomic E-state index is 10.6. The Morgan fingerprint density at radius 1 is 1.32 bits per heavy atom. The number of aromatic nitrogens is 2. The summed E-state index contributed by atoms with van der Waals surface area (Å²) in [6, 6.07) is 4.17. The molecule has 25 heavy (non-hydrogen) atoms. The van der Waals surface area contributed by atoms with Gasteiger partial charge in [-0.3, -0.25) is 5.32 Å². The average Bonchev–Trinajstić information content (AvgIpc) is 3.18. The van der Waals surface area contributed by atoms with E-state index < -0.39 is 5.60 Å². The largest absolute Gasteiger partial charge is 0.481 e. The zero-order chi connectivity index (χ0) is 17.1. The van der Waals surface area contributed by atoms with Gasteiger partial charge in [0.15, 0.2) is 12.1 Å². The molecule has 1 atom stereocenters. The molecule has 3 fully saturated rings. The molecule has 9 heteroatoms. The second kappa shape index (κ2) is 5.06. The van der Waals surface area contributed by atoms with E-state index in [0.29, 0.717) is 42.1 Å². The number of ether oxygens (including phenoxy) is 2. The minimum atomic E-state index is -0.416. The summed E-state index contributed by atoms with van der Waals surface area (Å²) in [7, 11) is 1.55. The highest BCUT2D eigenvalue weighted by molar-refractivity contribution is 5.89. The van der Waals surface area contributed by atoms with Crippen molar-refractivity contribution in [3.8, 4) is 5.88 Å². The van der Waals surface area contributed by atoms with Crippen molar-refractivity contribution >= 4 is 23.3 Å². The van der Waals surface area contributed by atoms with E-state index in [-0.39, 0.29) is 10.7 Å². The Balaban J connectivity index is 1.34. The highest BCUT2D eigenvalue weighted by Gasteiger charge is 2.59. The third-order valence-corrected chi connectivity index (χ3v) is 5.54. The molecule has 2 aromatic rings. The summed E-state index contributed by atoms with van der Waals surface area (Å²) in [5, 5.41) is 13.6. The molecule has 9 nitrogen and oxygen atoms in total. The van der Waals surface area contributed by atoms with E-state index in [1.807, 2.05) is 0 Å². The first-order chi connectivity index (χ1) is 12.1. The molecule has 4 aliphatic rings. The predicted octanol–water partition coefficient (Wildman–Crippen LogP) is 1.40. The Labute approximate surface area is 143 Å². The number of rotatable bonds is 2. The van der Waals surface area contributed by atoms with Crippen LogP contribution in [0.4, 0.5) is 6.01 Å². The number of hydrogen-bond acceptors (Lipinski definition) is 8. The maximum absolute atomic E-state index is 10.6. The lowest BCUT2D eigenvalue weighted by Gasteiger charge is -2.51. The molecule has 0 saturated carbocycles. The zero-order valence-corrected chi connectivity index (χ0v) is 13.9. The first kappa shape index (κ1) is 14.9. The van der Waals surface area contributed by atoms with Crippen LogP contribution in [0.25, 0.3) is 11.2 Å². The molecule has 6 heterocycles. The summed E-state index contributed by atoms with van der Waals surface area (Å²) in [6.07, 6.45) is 1.93. The number of quaternary nitrogens is 1. The van der Waals surface area contributed by atoms with Crippen LogP contribution in [0.5, 0.6) is 5.88 Å². The molecule has 2 N–H and O–H groups in total. The maximum Gasteiger partial charge on any atom is 0.305 e. The molecule has 4 aliphatic heterocycles. The molecule has 1 spiro atoms. The number of hydrogen-bond donors (Lipinski definition) is 2. The summed E-state index contributed by atoms with van der Waals surface area (Å²) in [6.45, 7) is 2.74. The summed E-state index contributed by atoms with van der Waals surface area (Å²) >= 11 is 0. The monoisotopic (exact) mass is 346 g/mol. The third-order valence-electron chi connectivity index (χ3n) is 5.54. The molecule has 0 unspecified atom stereocenters. The molecule has 132 valence electrons. The summed E-state index contributed by atoms with van der Waals surface area (Å²) in [5.74, 6) is 0.894. The SMILES string of the molecule is COc1ccc2nc(NC3=NC[C@@]4(C[N+]5(O)CCC4CC5)O3)oc2n1. The topological polar surface area (TPSA) is 102 Å². The van der Waals surface area contributed by atoms with Gasteiger partial charge < -0.3 is 13.9 Å². The summed E-state index contributed by atoms with van der Waals surface area (Å²) in [4.78, 5) is 13.0. The third kappa shape index (κ3) is 2.34. The number of nitrogens with one attached hydrogen (secondary N) is 1. The van der Waals surface area contributed by atoms with E-state index in [0.717, 1.165) is 25.9 Å². The van der Waals surface area contributed by atoms with E-state index in [1.165, 1.54) is 0 Å². The Morgan fingerprint density at radius 2 is 2.16 bits per heavy atom.